The number of nitrogens with zero attached hydrogens (tertiary/aromatic N) is 4. The Bertz CT molecular complexity index is 2510. The summed E-state index contributed by atoms with van der Waals surface area (Å²) < 4.78 is 28.7. The first kappa shape index (κ1) is 40.4. The van der Waals surface area contributed by atoms with Crippen molar-refractivity contribution in [1.82, 2.24) is 19.6 Å². The van der Waals surface area contributed by atoms with Gasteiger partial charge < -0.3 is 18.9 Å². The maximum atomic E-state index is 6.19. The summed E-state index contributed by atoms with van der Waals surface area (Å²) >= 11 is 7.38. The highest BCUT2D eigenvalue weighted by Crippen LogP contribution is 2.40. The van der Waals surface area contributed by atoms with E-state index in [4.69, 9.17) is 29.1 Å². The predicted octanol–water partition coefficient (Wildman–Crippen LogP) is 12.3. The van der Waals surface area contributed by atoms with E-state index in [9.17, 15) is 0 Å². The second kappa shape index (κ2) is 20.1. The van der Waals surface area contributed by atoms with Crippen molar-refractivity contribution in [2.24, 2.45) is 0 Å². The summed E-state index contributed by atoms with van der Waals surface area (Å²) in [4.78, 5) is 0. The zero-order chi connectivity index (χ0) is 40.1. The molecular weight excluding hydrogens is 856 g/mol. The molecule has 0 unspecified atom stereocenters. The third kappa shape index (κ3) is 10.0. The Morgan fingerprint density at radius 2 is 0.879 bits per heavy atom. The summed E-state index contributed by atoms with van der Waals surface area (Å²) in [6.07, 6.45) is 0. The molecule has 0 saturated carbocycles. The van der Waals surface area contributed by atoms with Gasteiger partial charge in [-0.25, -0.2) is 9.36 Å². The molecule has 0 N–H and O–H groups in total. The highest BCUT2D eigenvalue weighted by Gasteiger charge is 2.20. The lowest BCUT2D eigenvalue weighted by molar-refractivity contribution is 0.122. The van der Waals surface area contributed by atoms with Crippen molar-refractivity contribution in [3.8, 4) is 56.5 Å². The largest absolute Gasteiger partial charge is 0.488 e. The summed E-state index contributed by atoms with van der Waals surface area (Å²) in [7, 11) is 3.34. The minimum absolute atomic E-state index is 0.349. The Hall–Kier alpha value is -5.78. The van der Waals surface area contributed by atoms with E-state index >= 15 is 0 Å². The lowest BCUT2D eigenvalue weighted by atomic mass is 10.1. The molecule has 0 aliphatic heterocycles. The number of benzene rings is 6. The molecule has 292 valence electrons. The number of halogens is 2. The van der Waals surface area contributed by atoms with Crippen LogP contribution in [0.1, 0.15) is 11.1 Å². The summed E-state index contributed by atoms with van der Waals surface area (Å²) in [5.74, 6) is 1.57. The third-order valence-electron chi connectivity index (χ3n) is 9.14. The van der Waals surface area contributed by atoms with Crippen molar-refractivity contribution in [3.05, 3.63) is 190 Å². The van der Waals surface area contributed by atoms with Gasteiger partial charge in [-0.05, 0) is 84.9 Å². The van der Waals surface area contributed by atoms with Crippen molar-refractivity contribution in [2.75, 3.05) is 14.2 Å². The van der Waals surface area contributed by atoms with Gasteiger partial charge in [0.25, 0.3) is 0 Å². The third-order valence-corrected chi connectivity index (χ3v) is 10.5. The van der Waals surface area contributed by atoms with Crippen molar-refractivity contribution >= 4 is 31.9 Å². The average Bonchev–Trinajstić information content (AvgIpc) is 3.88. The molecule has 8 nitrogen and oxygen atoms in total. The molecule has 0 aliphatic carbocycles. The van der Waals surface area contributed by atoms with E-state index in [1.165, 1.54) is 0 Å². The Kier molecular flexibility index (Phi) is 14.0. The van der Waals surface area contributed by atoms with E-state index in [1.54, 1.807) is 14.2 Å². The maximum Gasteiger partial charge on any atom is 0.139 e. The molecule has 0 spiro atoms. The minimum Gasteiger partial charge on any atom is -0.488 e. The van der Waals surface area contributed by atoms with Crippen LogP contribution in [0.15, 0.2) is 179 Å². The fourth-order valence-corrected chi connectivity index (χ4v) is 7.51. The lowest BCUT2D eigenvalue weighted by Crippen LogP contribution is -2.05. The smallest absolute Gasteiger partial charge is 0.139 e. The van der Waals surface area contributed by atoms with E-state index in [0.717, 1.165) is 76.6 Å². The van der Waals surface area contributed by atoms with Gasteiger partial charge in [-0.3, -0.25) is 0 Å². The van der Waals surface area contributed by atoms with Crippen LogP contribution in [0.4, 0.5) is 0 Å². The van der Waals surface area contributed by atoms with Gasteiger partial charge in [-0.15, -0.1) is 0 Å². The summed E-state index contributed by atoms with van der Waals surface area (Å²) in [5, 5.41) is 9.57. The number of ether oxygens (including phenoxy) is 4. The average molecular weight is 899 g/mol. The van der Waals surface area contributed by atoms with Gasteiger partial charge in [-0.2, -0.15) is 10.2 Å². The monoisotopic (exact) mass is 896 g/mol. The zero-order valence-electron chi connectivity index (χ0n) is 32.2. The van der Waals surface area contributed by atoms with Crippen LogP contribution in [0.25, 0.3) is 45.0 Å². The number of hydrogen-bond acceptors (Lipinski definition) is 6. The number of methoxy groups -OCH3 is 2. The predicted molar refractivity (Wildman–Crippen MR) is 237 cm³/mol. The molecule has 0 amide bonds. The minimum atomic E-state index is 0.349. The van der Waals surface area contributed by atoms with Crippen LogP contribution in [0, 0.1) is 0 Å². The van der Waals surface area contributed by atoms with Crippen LogP contribution in [0.5, 0.6) is 11.5 Å². The van der Waals surface area contributed by atoms with E-state index in [2.05, 4.69) is 92.5 Å². The lowest BCUT2D eigenvalue weighted by Gasteiger charge is -2.14. The number of aromatic nitrogens is 4. The molecule has 10 heteroatoms. The Morgan fingerprint density at radius 1 is 0.448 bits per heavy atom. The normalized spacial score (nSPS) is 10.8. The quantitative estimate of drug-likeness (QED) is 0.108. The highest BCUT2D eigenvalue weighted by molar-refractivity contribution is 9.11. The van der Waals surface area contributed by atoms with Crippen LogP contribution < -0.4 is 9.47 Å². The van der Waals surface area contributed by atoms with Gasteiger partial charge >= 0.3 is 0 Å². The second-order valence-corrected chi connectivity index (χ2v) is 14.9. The van der Waals surface area contributed by atoms with Gasteiger partial charge in [-0.1, -0.05) is 133 Å². The van der Waals surface area contributed by atoms with Crippen molar-refractivity contribution in [1.29, 1.82) is 0 Å². The molecule has 0 atom stereocenters. The van der Waals surface area contributed by atoms with Gasteiger partial charge in [0.1, 0.15) is 38.2 Å². The van der Waals surface area contributed by atoms with Gasteiger partial charge in [0.2, 0.25) is 0 Å². The molecule has 0 bridgehead atoms. The molecule has 0 fully saturated rings. The molecule has 58 heavy (non-hydrogen) atoms. The van der Waals surface area contributed by atoms with E-state index in [1.807, 2.05) is 119 Å². The van der Waals surface area contributed by atoms with Crippen LogP contribution in [-0.2, 0) is 36.1 Å². The van der Waals surface area contributed by atoms with E-state index < -0.39 is 0 Å². The molecule has 8 rings (SSSR count). The van der Waals surface area contributed by atoms with Gasteiger partial charge in [0, 0.05) is 28.7 Å². The van der Waals surface area contributed by atoms with Crippen LogP contribution in [-0.4, -0.2) is 33.8 Å². The molecule has 0 aliphatic rings. The van der Waals surface area contributed by atoms with Crippen molar-refractivity contribution < 1.29 is 18.9 Å². The zero-order valence-corrected chi connectivity index (χ0v) is 35.3. The Morgan fingerprint density at radius 3 is 1.41 bits per heavy atom. The van der Waals surface area contributed by atoms with E-state index in [-0.39, 0.29) is 0 Å². The van der Waals surface area contributed by atoms with Gasteiger partial charge in [0.05, 0.1) is 33.9 Å². The topological polar surface area (TPSA) is 72.6 Å². The molecule has 2 heterocycles. The summed E-state index contributed by atoms with van der Waals surface area (Å²) in [6.45, 7) is 1.71. The van der Waals surface area contributed by atoms with Crippen LogP contribution >= 0.6 is 31.9 Å². The molecular formula is C48H42Br2N4O4. The van der Waals surface area contributed by atoms with Crippen molar-refractivity contribution in [2.45, 2.75) is 26.7 Å². The van der Waals surface area contributed by atoms with Crippen LogP contribution in [0.3, 0.4) is 0 Å². The summed E-state index contributed by atoms with van der Waals surface area (Å²) in [6, 6.07) is 56.6. The van der Waals surface area contributed by atoms with Crippen LogP contribution in [0.2, 0.25) is 0 Å². The molecule has 2 aromatic heterocycles. The fraction of sp³-hybridized carbons (Fsp3) is 0.125. The van der Waals surface area contributed by atoms with Gasteiger partial charge in [0.15, 0.2) is 0 Å². The van der Waals surface area contributed by atoms with Crippen molar-refractivity contribution in [3.63, 3.8) is 0 Å². The number of rotatable bonds is 14. The molecule has 8 aromatic rings. The SMILES string of the molecule is COCn1nc(-c2c(Br)cccc2OCc2ccccc2)cc1-c1ccccc1.COCn1nc(-c2ccccc2)cc1-c1c(Br)cccc1OCc1ccccc1. The Labute approximate surface area is 355 Å². The summed E-state index contributed by atoms with van der Waals surface area (Å²) in [5.41, 5.74) is 9.91. The first-order chi connectivity index (χ1) is 28.5. The number of hydrogen-bond donors (Lipinski definition) is 0. The standard InChI is InChI=1S/2C24H21BrN2O2/c1-28-17-27-22(19-11-6-3-7-12-19)15-21(26-27)24-20(25)13-8-14-23(24)29-16-18-9-4-2-5-10-18;1-28-17-27-22(15-21(26-27)19-11-6-3-7-12-19)24-20(25)13-8-14-23(24)29-16-18-9-4-2-5-10-18/h2*2-15H,16-17H2,1H3. The molecule has 6 aromatic carbocycles. The first-order valence-electron chi connectivity index (χ1n) is 18.7. The first-order valence-corrected chi connectivity index (χ1v) is 20.3. The van der Waals surface area contributed by atoms with E-state index in [0.29, 0.717) is 26.7 Å². The highest BCUT2D eigenvalue weighted by atomic mass is 79.9. The molecule has 0 saturated heterocycles. The maximum absolute atomic E-state index is 6.19. The molecule has 0 radical (unpaired) electrons. The Balaban J connectivity index is 0.000000177. The second-order valence-electron chi connectivity index (χ2n) is 13.2. The fourth-order valence-electron chi connectivity index (χ4n) is 6.41.